The molecule has 1 N–H and O–H groups in total. The first-order chi connectivity index (χ1) is 17.0. The van der Waals surface area contributed by atoms with E-state index in [9.17, 15) is 4.79 Å². The predicted molar refractivity (Wildman–Crippen MR) is 139 cm³/mol. The number of benzene rings is 3. The Labute approximate surface area is 210 Å². The Hall–Kier alpha value is -3.78. The van der Waals surface area contributed by atoms with E-state index in [0.717, 1.165) is 29.8 Å². The van der Waals surface area contributed by atoms with Crippen LogP contribution >= 0.6 is 12.2 Å². The van der Waals surface area contributed by atoms with Crippen LogP contribution in [0.5, 0.6) is 17.2 Å². The van der Waals surface area contributed by atoms with Crippen LogP contribution in [0.3, 0.4) is 0 Å². The van der Waals surface area contributed by atoms with Gasteiger partial charge in [-0.1, -0.05) is 18.2 Å². The minimum absolute atomic E-state index is 0.164. The van der Waals surface area contributed by atoms with Gasteiger partial charge in [0, 0.05) is 12.2 Å². The lowest BCUT2D eigenvalue weighted by Gasteiger charge is -2.39. The Morgan fingerprint density at radius 3 is 2.34 bits per heavy atom. The fraction of sp³-hybridized carbons (Fsp3) is 0.259. The van der Waals surface area contributed by atoms with E-state index in [1.165, 1.54) is 7.11 Å². The first-order valence-electron chi connectivity index (χ1n) is 11.2. The number of carbonyl (C=O) groups excluding carboxylic acids is 1. The van der Waals surface area contributed by atoms with E-state index in [4.69, 9.17) is 31.2 Å². The Bertz CT molecular complexity index is 1180. The van der Waals surface area contributed by atoms with Gasteiger partial charge in [-0.05, 0) is 78.3 Å². The number of rotatable bonds is 7. The molecule has 4 rings (SSSR count). The molecule has 0 amide bonds. The highest BCUT2D eigenvalue weighted by Gasteiger charge is 2.31. The number of thiocarbonyl (C=S) groups is 1. The third-order valence-electron chi connectivity index (χ3n) is 5.97. The minimum Gasteiger partial charge on any atom is -0.493 e. The highest BCUT2D eigenvalue weighted by molar-refractivity contribution is 7.80. The largest absolute Gasteiger partial charge is 0.493 e. The summed E-state index contributed by atoms with van der Waals surface area (Å²) in [7, 11) is 4.62. The van der Waals surface area contributed by atoms with Crippen LogP contribution in [-0.4, -0.2) is 50.5 Å². The Morgan fingerprint density at radius 2 is 1.69 bits per heavy atom. The van der Waals surface area contributed by atoms with Gasteiger partial charge >= 0.3 is 5.97 Å². The van der Waals surface area contributed by atoms with Crippen LogP contribution in [0.2, 0.25) is 0 Å². The fourth-order valence-corrected chi connectivity index (χ4v) is 4.48. The van der Waals surface area contributed by atoms with Gasteiger partial charge in [-0.25, -0.2) is 4.79 Å². The van der Waals surface area contributed by atoms with Crippen molar-refractivity contribution in [3.63, 3.8) is 0 Å². The van der Waals surface area contributed by atoms with Crippen LogP contribution in [0.25, 0.3) is 0 Å². The van der Waals surface area contributed by atoms with Gasteiger partial charge < -0.3 is 29.2 Å². The maximum Gasteiger partial charge on any atom is 0.337 e. The average Bonchev–Trinajstić information content (AvgIpc) is 2.91. The molecule has 0 spiro atoms. The van der Waals surface area contributed by atoms with Crippen molar-refractivity contribution >= 4 is 29.0 Å². The quantitative estimate of drug-likeness (QED) is 0.370. The summed E-state index contributed by atoms with van der Waals surface area (Å²) in [5.74, 6) is 1.61. The molecule has 0 saturated carbocycles. The van der Waals surface area contributed by atoms with Gasteiger partial charge in [0.25, 0.3) is 0 Å². The predicted octanol–water partition coefficient (Wildman–Crippen LogP) is 4.87. The van der Waals surface area contributed by atoms with E-state index in [1.807, 2.05) is 42.5 Å². The molecule has 0 radical (unpaired) electrons. The highest BCUT2D eigenvalue weighted by atomic mass is 32.1. The lowest BCUT2D eigenvalue weighted by Crippen LogP contribution is -2.44. The molecule has 1 unspecified atom stereocenters. The van der Waals surface area contributed by atoms with Crippen molar-refractivity contribution in [2.75, 3.05) is 39.8 Å². The van der Waals surface area contributed by atoms with Crippen LogP contribution in [-0.2, 0) is 11.2 Å². The number of ether oxygens (including phenoxy) is 4. The number of para-hydroxylation sites is 1. The van der Waals surface area contributed by atoms with E-state index in [2.05, 4.69) is 10.2 Å². The molecule has 0 aromatic heterocycles. The van der Waals surface area contributed by atoms with Gasteiger partial charge in [0.2, 0.25) is 0 Å². The van der Waals surface area contributed by atoms with Crippen molar-refractivity contribution in [2.24, 2.45) is 0 Å². The van der Waals surface area contributed by atoms with Crippen molar-refractivity contribution in [3.05, 3.63) is 83.4 Å². The molecule has 0 bridgehead atoms. The van der Waals surface area contributed by atoms with Gasteiger partial charge in [0.1, 0.15) is 12.4 Å². The van der Waals surface area contributed by atoms with Gasteiger partial charge in [-0.3, -0.25) is 0 Å². The molecule has 0 fully saturated rings. The summed E-state index contributed by atoms with van der Waals surface area (Å²) in [5.41, 5.74) is 3.62. The molecule has 1 atom stereocenters. The Morgan fingerprint density at radius 1 is 1.00 bits per heavy atom. The number of fused-ring (bicyclic) bond motifs is 1. The smallest absolute Gasteiger partial charge is 0.337 e. The number of nitrogens with one attached hydrogen (secondary N) is 1. The Kier molecular flexibility index (Phi) is 7.72. The van der Waals surface area contributed by atoms with E-state index in [1.54, 1.807) is 38.5 Å². The van der Waals surface area contributed by atoms with Gasteiger partial charge in [-0.15, -0.1) is 0 Å². The molecule has 8 heteroatoms. The summed E-state index contributed by atoms with van der Waals surface area (Å²) in [6, 6.07) is 20.6. The number of carbonyl (C=O) groups is 1. The number of esters is 1. The lowest BCUT2D eigenvalue weighted by atomic mass is 9.92. The van der Waals surface area contributed by atoms with E-state index in [-0.39, 0.29) is 12.0 Å². The van der Waals surface area contributed by atoms with Crippen LogP contribution in [0.15, 0.2) is 66.7 Å². The van der Waals surface area contributed by atoms with Crippen molar-refractivity contribution in [2.45, 2.75) is 12.5 Å². The zero-order valence-corrected chi connectivity index (χ0v) is 20.8. The molecule has 35 heavy (non-hydrogen) atoms. The summed E-state index contributed by atoms with van der Waals surface area (Å²) in [5, 5.41) is 3.96. The zero-order valence-electron chi connectivity index (χ0n) is 19.9. The number of nitrogens with zero attached hydrogens (tertiary/aromatic N) is 1. The van der Waals surface area contributed by atoms with E-state index < -0.39 is 0 Å². The van der Waals surface area contributed by atoms with Crippen molar-refractivity contribution in [3.8, 4) is 17.2 Å². The molecule has 182 valence electrons. The summed E-state index contributed by atoms with van der Waals surface area (Å²) in [6.07, 6.45) is 0.802. The van der Waals surface area contributed by atoms with Crippen LogP contribution in [0, 0.1) is 0 Å². The molecule has 0 saturated heterocycles. The van der Waals surface area contributed by atoms with Gasteiger partial charge in [-0.2, -0.15) is 0 Å². The zero-order chi connectivity index (χ0) is 24.8. The van der Waals surface area contributed by atoms with E-state index in [0.29, 0.717) is 34.5 Å². The second-order valence-electron chi connectivity index (χ2n) is 7.99. The standard InChI is InChI=1S/C27H28N2O5S/c1-31-24-15-19-13-14-29(27(35)28-20-7-5-4-6-8-20)23(22(19)16-25(24)32-2)17-34-21-11-9-18(10-12-21)26(30)33-3/h4-12,15-16,23H,13-14,17H2,1-3H3,(H,28,35). The number of hydrogen-bond acceptors (Lipinski definition) is 6. The maximum atomic E-state index is 11.7. The summed E-state index contributed by atoms with van der Waals surface area (Å²) in [4.78, 5) is 13.9. The summed E-state index contributed by atoms with van der Waals surface area (Å²) >= 11 is 5.81. The third kappa shape index (κ3) is 5.49. The monoisotopic (exact) mass is 492 g/mol. The molecule has 3 aromatic rings. The molecule has 0 aliphatic carbocycles. The average molecular weight is 493 g/mol. The molecule has 7 nitrogen and oxygen atoms in total. The number of methoxy groups -OCH3 is 3. The molecule has 1 aliphatic heterocycles. The van der Waals surface area contributed by atoms with Crippen LogP contribution < -0.4 is 19.5 Å². The molecular formula is C27H28N2O5S. The first-order valence-corrected chi connectivity index (χ1v) is 11.6. The third-order valence-corrected chi connectivity index (χ3v) is 6.31. The maximum absolute atomic E-state index is 11.7. The molecular weight excluding hydrogens is 464 g/mol. The minimum atomic E-state index is -0.387. The molecule has 1 heterocycles. The topological polar surface area (TPSA) is 69.3 Å². The molecule has 1 aliphatic rings. The fourth-order valence-electron chi connectivity index (χ4n) is 4.15. The normalized spacial score (nSPS) is 14.5. The molecule has 3 aromatic carbocycles. The van der Waals surface area contributed by atoms with Crippen molar-refractivity contribution in [1.82, 2.24) is 4.90 Å². The summed E-state index contributed by atoms with van der Waals surface area (Å²) in [6.45, 7) is 1.06. The van der Waals surface area contributed by atoms with Crippen molar-refractivity contribution < 1.29 is 23.7 Å². The number of hydrogen-bond donors (Lipinski definition) is 1. The Balaban J connectivity index is 1.61. The number of anilines is 1. The lowest BCUT2D eigenvalue weighted by molar-refractivity contribution is 0.0600. The van der Waals surface area contributed by atoms with Gasteiger partial charge in [0.15, 0.2) is 16.6 Å². The van der Waals surface area contributed by atoms with E-state index >= 15 is 0 Å². The van der Waals surface area contributed by atoms with Crippen LogP contribution in [0.4, 0.5) is 5.69 Å². The second kappa shape index (κ2) is 11.1. The summed E-state index contributed by atoms with van der Waals surface area (Å²) < 4.78 is 22.0. The SMILES string of the molecule is COC(=O)c1ccc(OCC2c3cc(OC)c(OC)cc3CCN2C(=S)Nc2ccccc2)cc1. The van der Waals surface area contributed by atoms with Crippen molar-refractivity contribution in [1.29, 1.82) is 0 Å². The first kappa shape index (κ1) is 24.3. The second-order valence-corrected chi connectivity index (χ2v) is 8.38. The van der Waals surface area contributed by atoms with Gasteiger partial charge in [0.05, 0.1) is 32.9 Å². The highest BCUT2D eigenvalue weighted by Crippen LogP contribution is 2.38. The van der Waals surface area contributed by atoms with Crippen LogP contribution in [0.1, 0.15) is 27.5 Å².